The zero-order valence-corrected chi connectivity index (χ0v) is 15.1. The Balaban J connectivity index is 2.06. The summed E-state index contributed by atoms with van der Waals surface area (Å²) in [6.45, 7) is 4.35. The average Bonchev–Trinajstić information content (AvgIpc) is 2.54. The summed E-state index contributed by atoms with van der Waals surface area (Å²) < 4.78 is 16.4. The number of piperidine rings is 1. The fraction of sp³-hybridized carbons (Fsp3) is 0.667. The molecule has 1 atom stereocenters. The number of hydrogen-bond donors (Lipinski definition) is 0. The quantitative estimate of drug-likeness (QED) is 0.770. The minimum absolute atomic E-state index is 0.665. The molecule has 2 rings (SSSR count). The Morgan fingerprint density at radius 2 is 1.87 bits per heavy atom. The number of rotatable bonds is 7. The zero-order chi connectivity index (χ0) is 16.8. The minimum atomic E-state index is 0.665. The summed E-state index contributed by atoms with van der Waals surface area (Å²) in [7, 11) is 9.35. The molecule has 130 valence electrons. The van der Waals surface area contributed by atoms with Crippen LogP contribution in [0.1, 0.15) is 18.4 Å². The molecule has 1 fully saturated rings. The lowest BCUT2D eigenvalue weighted by Crippen LogP contribution is -2.37. The molecule has 0 aromatic heterocycles. The molecule has 0 amide bonds. The van der Waals surface area contributed by atoms with Crippen molar-refractivity contribution in [2.45, 2.75) is 19.4 Å². The molecule has 1 aliphatic rings. The van der Waals surface area contributed by atoms with E-state index < -0.39 is 0 Å². The largest absolute Gasteiger partial charge is 0.493 e. The van der Waals surface area contributed by atoms with Crippen LogP contribution in [0.2, 0.25) is 0 Å². The van der Waals surface area contributed by atoms with Crippen LogP contribution in [0.5, 0.6) is 17.2 Å². The van der Waals surface area contributed by atoms with Crippen molar-refractivity contribution in [2.24, 2.45) is 5.92 Å². The molecule has 0 spiro atoms. The Morgan fingerprint density at radius 3 is 2.48 bits per heavy atom. The molecule has 1 heterocycles. The van der Waals surface area contributed by atoms with Crippen LogP contribution in [0.25, 0.3) is 0 Å². The van der Waals surface area contributed by atoms with Crippen LogP contribution in [0.3, 0.4) is 0 Å². The number of benzene rings is 1. The lowest BCUT2D eigenvalue weighted by Gasteiger charge is -2.32. The van der Waals surface area contributed by atoms with Crippen molar-refractivity contribution in [1.82, 2.24) is 9.80 Å². The molecule has 0 bridgehead atoms. The maximum Gasteiger partial charge on any atom is 0.203 e. The fourth-order valence-electron chi connectivity index (χ4n) is 3.51. The average molecular weight is 322 g/mol. The highest BCUT2D eigenvalue weighted by molar-refractivity contribution is 5.55. The predicted octanol–water partition coefficient (Wildman–Crippen LogP) is 2.49. The maximum absolute atomic E-state index is 5.58. The Bertz CT molecular complexity index is 507. The van der Waals surface area contributed by atoms with Crippen LogP contribution in [-0.2, 0) is 6.54 Å². The molecule has 1 aromatic carbocycles. The SMILES string of the molecule is COc1ccc(CN(C)C[C@H]2CCCN(C)C2)c(OC)c1OC. The lowest BCUT2D eigenvalue weighted by molar-refractivity contribution is 0.163. The van der Waals surface area contributed by atoms with Crippen molar-refractivity contribution >= 4 is 0 Å². The van der Waals surface area contributed by atoms with E-state index in [4.69, 9.17) is 14.2 Å². The summed E-state index contributed by atoms with van der Waals surface area (Å²) in [5.41, 5.74) is 1.12. The van der Waals surface area contributed by atoms with Gasteiger partial charge in [-0.3, -0.25) is 0 Å². The molecule has 23 heavy (non-hydrogen) atoms. The van der Waals surface area contributed by atoms with Gasteiger partial charge in [-0.25, -0.2) is 0 Å². The zero-order valence-electron chi connectivity index (χ0n) is 15.1. The topological polar surface area (TPSA) is 34.2 Å². The van der Waals surface area contributed by atoms with Crippen LogP contribution in [-0.4, -0.2) is 64.9 Å². The Kier molecular flexibility index (Phi) is 6.54. The van der Waals surface area contributed by atoms with Crippen LogP contribution in [0.15, 0.2) is 12.1 Å². The summed E-state index contributed by atoms with van der Waals surface area (Å²) >= 11 is 0. The first kappa shape index (κ1) is 17.9. The molecule has 0 unspecified atom stereocenters. The van der Waals surface area contributed by atoms with E-state index >= 15 is 0 Å². The first-order valence-electron chi connectivity index (χ1n) is 8.24. The van der Waals surface area contributed by atoms with Crippen molar-refractivity contribution in [3.63, 3.8) is 0 Å². The van der Waals surface area contributed by atoms with Crippen LogP contribution >= 0.6 is 0 Å². The lowest BCUT2D eigenvalue weighted by atomic mass is 9.98. The van der Waals surface area contributed by atoms with Gasteiger partial charge in [0.25, 0.3) is 0 Å². The van der Waals surface area contributed by atoms with Gasteiger partial charge in [-0.2, -0.15) is 0 Å². The summed E-state index contributed by atoms with van der Waals surface area (Å²) in [5.74, 6) is 2.87. The third-order valence-corrected chi connectivity index (χ3v) is 4.52. The molecular formula is C18H30N2O3. The molecule has 1 aromatic rings. The molecule has 1 aliphatic heterocycles. The van der Waals surface area contributed by atoms with Gasteiger partial charge in [-0.15, -0.1) is 0 Å². The number of hydrogen-bond acceptors (Lipinski definition) is 5. The van der Waals surface area contributed by atoms with E-state index in [1.807, 2.05) is 6.07 Å². The van der Waals surface area contributed by atoms with E-state index in [0.29, 0.717) is 11.5 Å². The second-order valence-electron chi connectivity index (χ2n) is 6.46. The van der Waals surface area contributed by atoms with Crippen LogP contribution in [0.4, 0.5) is 0 Å². The van der Waals surface area contributed by atoms with Gasteiger partial charge < -0.3 is 24.0 Å². The summed E-state index contributed by atoms with van der Waals surface area (Å²) in [6, 6.07) is 4.00. The van der Waals surface area contributed by atoms with Gasteiger partial charge in [0.1, 0.15) is 0 Å². The third kappa shape index (κ3) is 4.52. The van der Waals surface area contributed by atoms with Gasteiger partial charge in [0.2, 0.25) is 5.75 Å². The van der Waals surface area contributed by atoms with Crippen LogP contribution in [0, 0.1) is 5.92 Å². The van der Waals surface area contributed by atoms with Crippen LogP contribution < -0.4 is 14.2 Å². The number of nitrogens with zero attached hydrogens (tertiary/aromatic N) is 2. The second-order valence-corrected chi connectivity index (χ2v) is 6.46. The second kappa shape index (κ2) is 8.41. The summed E-state index contributed by atoms with van der Waals surface area (Å²) in [5, 5.41) is 0. The molecule has 0 saturated carbocycles. The Hall–Kier alpha value is -1.46. The first-order chi connectivity index (χ1) is 11.1. The van der Waals surface area contributed by atoms with E-state index in [9.17, 15) is 0 Å². The Labute approximate surface area is 140 Å². The van der Waals surface area contributed by atoms with Crippen molar-refractivity contribution in [1.29, 1.82) is 0 Å². The smallest absolute Gasteiger partial charge is 0.203 e. The molecule has 5 nitrogen and oxygen atoms in total. The highest BCUT2D eigenvalue weighted by Crippen LogP contribution is 2.40. The van der Waals surface area contributed by atoms with Gasteiger partial charge >= 0.3 is 0 Å². The van der Waals surface area contributed by atoms with Gasteiger partial charge in [-0.05, 0) is 45.5 Å². The number of ether oxygens (including phenoxy) is 3. The van der Waals surface area contributed by atoms with E-state index in [1.165, 1.54) is 25.9 Å². The molecule has 5 heteroatoms. The van der Waals surface area contributed by atoms with Gasteiger partial charge in [0.15, 0.2) is 11.5 Å². The van der Waals surface area contributed by atoms with Crippen molar-refractivity contribution in [3.05, 3.63) is 17.7 Å². The number of likely N-dealkylation sites (tertiary alicyclic amines) is 1. The van der Waals surface area contributed by atoms with E-state index in [-0.39, 0.29) is 0 Å². The predicted molar refractivity (Wildman–Crippen MR) is 92.7 cm³/mol. The van der Waals surface area contributed by atoms with E-state index in [0.717, 1.165) is 30.3 Å². The normalized spacial score (nSPS) is 19.0. The van der Waals surface area contributed by atoms with Gasteiger partial charge in [0, 0.05) is 25.2 Å². The maximum atomic E-state index is 5.58. The highest BCUT2D eigenvalue weighted by Gasteiger charge is 2.21. The molecule has 0 radical (unpaired) electrons. The summed E-state index contributed by atoms with van der Waals surface area (Å²) in [6.07, 6.45) is 2.62. The molecular weight excluding hydrogens is 292 g/mol. The highest BCUT2D eigenvalue weighted by atomic mass is 16.5. The number of methoxy groups -OCH3 is 3. The third-order valence-electron chi connectivity index (χ3n) is 4.52. The molecule has 0 N–H and O–H groups in total. The Morgan fingerprint density at radius 1 is 1.13 bits per heavy atom. The minimum Gasteiger partial charge on any atom is -0.493 e. The van der Waals surface area contributed by atoms with Gasteiger partial charge in [-0.1, -0.05) is 6.07 Å². The molecule has 1 saturated heterocycles. The van der Waals surface area contributed by atoms with E-state index in [1.54, 1.807) is 21.3 Å². The van der Waals surface area contributed by atoms with Crippen molar-refractivity contribution < 1.29 is 14.2 Å². The van der Waals surface area contributed by atoms with E-state index in [2.05, 4.69) is 30.0 Å². The molecule has 0 aliphatic carbocycles. The summed E-state index contributed by atoms with van der Waals surface area (Å²) in [4.78, 5) is 4.80. The van der Waals surface area contributed by atoms with Gasteiger partial charge in [0.05, 0.1) is 21.3 Å². The van der Waals surface area contributed by atoms with Crippen molar-refractivity contribution in [3.8, 4) is 17.2 Å². The standard InChI is InChI=1S/C18H30N2O3/c1-19-10-6-7-14(11-19)12-20(2)13-15-8-9-16(21-3)18(23-5)17(15)22-4/h8-9,14H,6-7,10-13H2,1-5H3/t14-/m0/s1. The fourth-order valence-corrected chi connectivity index (χ4v) is 3.51. The monoisotopic (exact) mass is 322 g/mol. The first-order valence-corrected chi connectivity index (χ1v) is 8.24. The van der Waals surface area contributed by atoms with Crippen molar-refractivity contribution in [2.75, 3.05) is 55.1 Å².